The highest BCUT2D eigenvalue weighted by molar-refractivity contribution is 5.66. The molecule has 0 heterocycles. The van der Waals surface area contributed by atoms with Crippen LogP contribution in [0.4, 0.5) is 5.69 Å². The van der Waals surface area contributed by atoms with Crippen LogP contribution in [0.1, 0.15) is 89.5 Å². The van der Waals surface area contributed by atoms with E-state index in [4.69, 9.17) is 5.11 Å². The van der Waals surface area contributed by atoms with Crippen LogP contribution in [0, 0.1) is 16.0 Å². The molecule has 1 aromatic carbocycles. The Bertz CT molecular complexity index is 542. The molecule has 152 valence electrons. The lowest BCUT2D eigenvalue weighted by molar-refractivity contribution is -0.384. The molecule has 0 saturated carbocycles. The normalized spacial score (nSPS) is 12.0. The van der Waals surface area contributed by atoms with Gasteiger partial charge in [-0.1, -0.05) is 83.3 Å². The van der Waals surface area contributed by atoms with Crippen molar-refractivity contribution in [3.8, 4) is 0 Å². The fourth-order valence-electron chi connectivity index (χ4n) is 3.42. The first-order chi connectivity index (χ1) is 13.0. The van der Waals surface area contributed by atoms with Crippen molar-refractivity contribution in [1.82, 2.24) is 0 Å². The highest BCUT2D eigenvalue weighted by Crippen LogP contribution is 2.17. The van der Waals surface area contributed by atoms with E-state index < -0.39 is 5.97 Å². The van der Waals surface area contributed by atoms with Gasteiger partial charge in [0.15, 0.2) is 0 Å². The van der Waals surface area contributed by atoms with Gasteiger partial charge in [0.05, 0.1) is 4.92 Å². The number of unbranched alkanes of at least 4 members (excludes halogenated alkanes) is 9. The minimum absolute atomic E-state index is 0.161. The Kier molecular flexibility index (Phi) is 12.2. The van der Waals surface area contributed by atoms with Crippen LogP contribution in [0.3, 0.4) is 0 Å². The predicted molar refractivity (Wildman–Crippen MR) is 109 cm³/mol. The Hall–Kier alpha value is -1.91. The third-order valence-electron chi connectivity index (χ3n) is 5.08. The summed E-state index contributed by atoms with van der Waals surface area (Å²) in [6.07, 6.45) is 14.8. The standard InChI is InChI=1S/C22H35NO4/c1-19(18-22(24)25)12-10-8-6-4-2-3-5-7-9-11-13-20-14-16-21(17-15-20)23(26)27/h14-17,19H,2-13,18H2,1H3,(H,24,25). The summed E-state index contributed by atoms with van der Waals surface area (Å²) in [5, 5.41) is 19.3. The van der Waals surface area contributed by atoms with Crippen LogP contribution >= 0.6 is 0 Å². The molecule has 1 unspecified atom stereocenters. The molecule has 0 amide bonds. The van der Waals surface area contributed by atoms with Crippen molar-refractivity contribution in [2.45, 2.75) is 90.4 Å². The van der Waals surface area contributed by atoms with Gasteiger partial charge >= 0.3 is 5.97 Å². The van der Waals surface area contributed by atoms with E-state index in [-0.39, 0.29) is 10.6 Å². The van der Waals surface area contributed by atoms with Crippen LogP contribution in [-0.2, 0) is 11.2 Å². The topological polar surface area (TPSA) is 80.4 Å². The number of carboxylic acids is 1. The largest absolute Gasteiger partial charge is 0.481 e. The van der Waals surface area contributed by atoms with Gasteiger partial charge in [0, 0.05) is 18.6 Å². The summed E-state index contributed by atoms with van der Waals surface area (Å²) >= 11 is 0. The second-order valence-corrected chi connectivity index (χ2v) is 7.70. The molecule has 0 bridgehead atoms. The maximum atomic E-state index is 10.6. The summed E-state index contributed by atoms with van der Waals surface area (Å²) in [4.78, 5) is 20.9. The quantitative estimate of drug-likeness (QED) is 0.201. The molecule has 1 atom stereocenters. The van der Waals surface area contributed by atoms with E-state index in [0.29, 0.717) is 12.3 Å². The fourth-order valence-corrected chi connectivity index (χ4v) is 3.42. The number of aliphatic carboxylic acids is 1. The molecule has 0 aromatic heterocycles. The zero-order valence-electron chi connectivity index (χ0n) is 16.7. The summed E-state index contributed by atoms with van der Waals surface area (Å²) in [5.74, 6) is -0.385. The van der Waals surface area contributed by atoms with E-state index in [2.05, 4.69) is 0 Å². The number of carboxylic acid groups (broad SMARTS) is 1. The number of aryl methyl sites for hydroxylation is 1. The first kappa shape index (κ1) is 23.1. The molecule has 0 aliphatic heterocycles. The maximum absolute atomic E-state index is 10.6. The molecule has 5 nitrogen and oxygen atoms in total. The molecular weight excluding hydrogens is 342 g/mol. The average Bonchev–Trinajstić information content (AvgIpc) is 2.62. The Morgan fingerprint density at radius 2 is 1.41 bits per heavy atom. The lowest BCUT2D eigenvalue weighted by Gasteiger charge is -2.08. The Morgan fingerprint density at radius 3 is 1.89 bits per heavy atom. The van der Waals surface area contributed by atoms with Gasteiger partial charge in [-0.25, -0.2) is 0 Å². The van der Waals surface area contributed by atoms with E-state index in [0.717, 1.165) is 25.7 Å². The molecule has 0 aliphatic rings. The van der Waals surface area contributed by atoms with E-state index >= 15 is 0 Å². The highest BCUT2D eigenvalue weighted by atomic mass is 16.6. The number of nitro benzene ring substituents is 1. The number of hydrogen-bond acceptors (Lipinski definition) is 3. The molecule has 0 spiro atoms. The van der Waals surface area contributed by atoms with Gasteiger partial charge < -0.3 is 5.11 Å². The van der Waals surface area contributed by atoms with Crippen molar-refractivity contribution in [2.24, 2.45) is 5.92 Å². The number of benzene rings is 1. The van der Waals surface area contributed by atoms with E-state index in [9.17, 15) is 14.9 Å². The molecule has 0 aliphatic carbocycles. The molecular formula is C22H35NO4. The molecule has 1 N–H and O–H groups in total. The van der Waals surface area contributed by atoms with Gasteiger partial charge in [0.1, 0.15) is 0 Å². The number of hydrogen-bond donors (Lipinski definition) is 1. The monoisotopic (exact) mass is 377 g/mol. The van der Waals surface area contributed by atoms with Crippen molar-refractivity contribution in [3.05, 3.63) is 39.9 Å². The molecule has 0 radical (unpaired) electrons. The minimum Gasteiger partial charge on any atom is -0.481 e. The number of nitrogens with zero attached hydrogens (tertiary/aromatic N) is 1. The number of non-ortho nitro benzene ring substituents is 1. The zero-order valence-corrected chi connectivity index (χ0v) is 16.7. The molecule has 1 rings (SSSR count). The Morgan fingerprint density at radius 1 is 0.926 bits per heavy atom. The van der Waals surface area contributed by atoms with Crippen molar-refractivity contribution < 1.29 is 14.8 Å². The first-order valence-electron chi connectivity index (χ1n) is 10.4. The van der Waals surface area contributed by atoms with Gasteiger partial charge in [-0.05, 0) is 24.3 Å². The second kappa shape index (κ2) is 14.2. The SMILES string of the molecule is CC(CCCCCCCCCCCCc1ccc([N+](=O)[O-])cc1)CC(=O)O. The van der Waals surface area contributed by atoms with Crippen LogP contribution < -0.4 is 0 Å². The summed E-state index contributed by atoms with van der Waals surface area (Å²) < 4.78 is 0. The number of carbonyl (C=O) groups is 1. The van der Waals surface area contributed by atoms with E-state index in [1.807, 2.05) is 19.1 Å². The van der Waals surface area contributed by atoms with E-state index in [1.54, 1.807) is 12.1 Å². The van der Waals surface area contributed by atoms with Gasteiger partial charge in [0.25, 0.3) is 5.69 Å². The van der Waals surface area contributed by atoms with Crippen molar-refractivity contribution >= 4 is 11.7 Å². The zero-order chi connectivity index (χ0) is 19.9. The van der Waals surface area contributed by atoms with Gasteiger partial charge in [0.2, 0.25) is 0 Å². The van der Waals surface area contributed by atoms with Crippen LogP contribution in [0.15, 0.2) is 24.3 Å². The maximum Gasteiger partial charge on any atom is 0.303 e. The molecule has 27 heavy (non-hydrogen) atoms. The molecule has 5 heteroatoms. The van der Waals surface area contributed by atoms with Crippen LogP contribution in [0.2, 0.25) is 0 Å². The van der Waals surface area contributed by atoms with Gasteiger partial charge in [-0.3, -0.25) is 14.9 Å². The first-order valence-corrected chi connectivity index (χ1v) is 10.4. The van der Waals surface area contributed by atoms with Crippen LogP contribution in [-0.4, -0.2) is 16.0 Å². The van der Waals surface area contributed by atoms with Gasteiger partial charge in [-0.15, -0.1) is 0 Å². The number of rotatable bonds is 16. The minimum atomic E-state index is -0.685. The molecule has 0 saturated heterocycles. The Balaban J connectivity index is 1.88. The smallest absolute Gasteiger partial charge is 0.303 e. The summed E-state index contributed by atoms with van der Waals surface area (Å²) in [6, 6.07) is 6.89. The third kappa shape index (κ3) is 12.2. The third-order valence-corrected chi connectivity index (χ3v) is 5.08. The van der Waals surface area contributed by atoms with Crippen molar-refractivity contribution in [1.29, 1.82) is 0 Å². The van der Waals surface area contributed by atoms with E-state index in [1.165, 1.54) is 56.9 Å². The van der Waals surface area contributed by atoms with Gasteiger partial charge in [-0.2, -0.15) is 0 Å². The van der Waals surface area contributed by atoms with Crippen LogP contribution in [0.25, 0.3) is 0 Å². The fraction of sp³-hybridized carbons (Fsp3) is 0.682. The average molecular weight is 378 g/mol. The summed E-state index contributed by atoms with van der Waals surface area (Å²) in [6.45, 7) is 2.02. The Labute approximate surface area is 163 Å². The lowest BCUT2D eigenvalue weighted by atomic mass is 9.99. The second-order valence-electron chi connectivity index (χ2n) is 7.70. The lowest BCUT2D eigenvalue weighted by Crippen LogP contribution is -2.03. The van der Waals surface area contributed by atoms with Crippen molar-refractivity contribution in [3.63, 3.8) is 0 Å². The van der Waals surface area contributed by atoms with Crippen molar-refractivity contribution in [2.75, 3.05) is 0 Å². The number of nitro groups is 1. The molecule has 0 fully saturated rings. The summed E-state index contributed by atoms with van der Waals surface area (Å²) in [5.41, 5.74) is 1.34. The van der Waals surface area contributed by atoms with Crippen LogP contribution in [0.5, 0.6) is 0 Å². The highest BCUT2D eigenvalue weighted by Gasteiger charge is 2.06. The summed E-state index contributed by atoms with van der Waals surface area (Å²) in [7, 11) is 0. The molecule has 1 aromatic rings. The predicted octanol–water partition coefficient (Wildman–Crippen LogP) is 6.54.